The van der Waals surface area contributed by atoms with Crippen LogP contribution in [0.1, 0.15) is 33.2 Å². The second-order valence-corrected chi connectivity index (χ2v) is 3.99. The zero-order valence-electron chi connectivity index (χ0n) is 11.7. The zero-order valence-corrected chi connectivity index (χ0v) is 12.7. The maximum atomic E-state index is 11.4. The van der Waals surface area contributed by atoms with Crippen molar-refractivity contribution in [3.05, 3.63) is 35.9 Å². The van der Waals surface area contributed by atoms with Crippen LogP contribution in [0.5, 0.6) is 0 Å². The molecule has 0 aliphatic heterocycles. The number of carboxylic acid groups (broad SMARTS) is 2. The maximum Gasteiger partial charge on any atom is 1.00 e. The molecule has 0 aliphatic carbocycles. The van der Waals surface area contributed by atoms with Gasteiger partial charge in [0.25, 0.3) is 0 Å². The Labute approximate surface area is 130 Å². The number of unbranched alkanes of at least 4 members (excludes halogenated alkanes) is 1. The van der Waals surface area contributed by atoms with Crippen molar-refractivity contribution in [2.45, 2.75) is 31.6 Å². The third kappa shape index (κ3) is 3.34. The van der Waals surface area contributed by atoms with Crippen LogP contribution in [0.15, 0.2) is 30.3 Å². The summed E-state index contributed by atoms with van der Waals surface area (Å²) in [4.78, 5) is 22.8. The van der Waals surface area contributed by atoms with Gasteiger partial charge in [0.15, 0.2) is 5.41 Å². The SMILES string of the molecule is CCCCC(C(=O)O)(C(=O)O)c1ccccc1.[H-].[Na+]. The first-order chi connectivity index (χ1) is 8.05. The molecule has 0 saturated carbocycles. The Hall–Kier alpha value is -0.840. The first-order valence-corrected chi connectivity index (χ1v) is 5.58. The molecule has 1 aromatic rings. The van der Waals surface area contributed by atoms with Crippen LogP contribution in [0.2, 0.25) is 0 Å². The molecule has 1 aromatic carbocycles. The molecule has 0 atom stereocenters. The van der Waals surface area contributed by atoms with Gasteiger partial charge in [-0.2, -0.15) is 0 Å². The van der Waals surface area contributed by atoms with Crippen molar-refractivity contribution in [2.75, 3.05) is 0 Å². The van der Waals surface area contributed by atoms with Crippen LogP contribution in [0.4, 0.5) is 0 Å². The van der Waals surface area contributed by atoms with Gasteiger partial charge in [-0.05, 0) is 12.0 Å². The normalized spacial score (nSPS) is 10.5. The van der Waals surface area contributed by atoms with Crippen molar-refractivity contribution in [1.82, 2.24) is 0 Å². The largest absolute Gasteiger partial charge is 1.00 e. The molecule has 2 N–H and O–H groups in total. The van der Waals surface area contributed by atoms with Crippen LogP contribution in [-0.4, -0.2) is 22.2 Å². The molecule has 4 nitrogen and oxygen atoms in total. The molecule has 0 bridgehead atoms. The molecule has 0 heterocycles. The molecule has 0 aromatic heterocycles. The van der Waals surface area contributed by atoms with Crippen molar-refractivity contribution in [2.24, 2.45) is 0 Å². The summed E-state index contributed by atoms with van der Waals surface area (Å²) in [6.45, 7) is 1.90. The number of benzene rings is 1. The molecular formula is C13H17NaO4. The fourth-order valence-corrected chi connectivity index (χ4v) is 1.86. The summed E-state index contributed by atoms with van der Waals surface area (Å²) in [6.07, 6.45) is 1.43. The van der Waals surface area contributed by atoms with Gasteiger partial charge in [0.05, 0.1) is 0 Å². The van der Waals surface area contributed by atoms with E-state index in [1.165, 1.54) is 0 Å². The first-order valence-electron chi connectivity index (χ1n) is 5.58. The third-order valence-electron chi connectivity index (χ3n) is 2.90. The second kappa shape index (κ2) is 7.56. The summed E-state index contributed by atoms with van der Waals surface area (Å²) in [7, 11) is 0. The Balaban J connectivity index is 0. The summed E-state index contributed by atoms with van der Waals surface area (Å²) >= 11 is 0. The predicted octanol–water partition coefficient (Wildman–Crippen LogP) is -0.600. The van der Waals surface area contributed by atoms with Gasteiger partial charge in [-0.15, -0.1) is 0 Å². The zero-order chi connectivity index (χ0) is 12.9. The summed E-state index contributed by atoms with van der Waals surface area (Å²) in [5.74, 6) is -2.60. The van der Waals surface area contributed by atoms with E-state index in [-0.39, 0.29) is 37.4 Å². The average Bonchev–Trinajstić information content (AvgIpc) is 2.30. The second-order valence-electron chi connectivity index (χ2n) is 3.99. The summed E-state index contributed by atoms with van der Waals surface area (Å²) < 4.78 is 0. The number of carboxylic acids is 2. The fourth-order valence-electron chi connectivity index (χ4n) is 1.86. The van der Waals surface area contributed by atoms with Gasteiger partial charge in [0.1, 0.15) is 0 Å². The minimum Gasteiger partial charge on any atom is -1.00 e. The molecule has 94 valence electrons. The number of aliphatic carboxylic acids is 2. The van der Waals surface area contributed by atoms with Crippen molar-refractivity contribution in [1.29, 1.82) is 0 Å². The van der Waals surface area contributed by atoms with Crippen LogP contribution < -0.4 is 29.6 Å². The fraction of sp³-hybridized carbons (Fsp3) is 0.385. The van der Waals surface area contributed by atoms with Gasteiger partial charge >= 0.3 is 41.5 Å². The molecule has 0 unspecified atom stereocenters. The van der Waals surface area contributed by atoms with Gasteiger partial charge in [0.2, 0.25) is 0 Å². The predicted molar refractivity (Wildman–Crippen MR) is 64.0 cm³/mol. The van der Waals surface area contributed by atoms with Crippen molar-refractivity contribution in [3.63, 3.8) is 0 Å². The van der Waals surface area contributed by atoms with Crippen molar-refractivity contribution < 1.29 is 50.8 Å². The summed E-state index contributed by atoms with van der Waals surface area (Å²) in [5.41, 5.74) is -1.49. The van der Waals surface area contributed by atoms with Gasteiger partial charge in [-0.25, -0.2) is 0 Å². The van der Waals surface area contributed by atoms with E-state index >= 15 is 0 Å². The average molecular weight is 260 g/mol. The Kier molecular flexibility index (Phi) is 7.21. The van der Waals surface area contributed by atoms with Gasteiger partial charge in [0, 0.05) is 0 Å². The number of hydrogen-bond donors (Lipinski definition) is 2. The molecule has 0 radical (unpaired) electrons. The van der Waals surface area contributed by atoms with E-state index in [1.54, 1.807) is 30.3 Å². The first kappa shape index (κ1) is 17.2. The standard InChI is InChI=1S/C13H16O4.Na.H/c1-2-3-9-13(11(14)15,12(16)17)10-7-5-4-6-8-10;;/h4-8H,2-3,9H2,1H3,(H,14,15)(H,16,17);;/q;+1;-1. The van der Waals surface area contributed by atoms with Gasteiger partial charge in [-0.1, -0.05) is 50.1 Å². The number of carbonyl (C=O) groups is 2. The van der Waals surface area contributed by atoms with Crippen molar-refractivity contribution >= 4 is 11.9 Å². The molecule has 0 aliphatic rings. The van der Waals surface area contributed by atoms with Crippen LogP contribution >= 0.6 is 0 Å². The van der Waals surface area contributed by atoms with Crippen LogP contribution in [-0.2, 0) is 15.0 Å². The Morgan fingerprint density at radius 1 is 1.17 bits per heavy atom. The van der Waals surface area contributed by atoms with Crippen LogP contribution in [0.25, 0.3) is 0 Å². The minimum atomic E-state index is -1.82. The topological polar surface area (TPSA) is 74.6 Å². The minimum absolute atomic E-state index is 0. The molecule has 18 heavy (non-hydrogen) atoms. The van der Waals surface area contributed by atoms with E-state index in [0.29, 0.717) is 12.0 Å². The van der Waals surface area contributed by atoms with E-state index in [1.807, 2.05) is 6.92 Å². The van der Waals surface area contributed by atoms with Crippen LogP contribution in [0.3, 0.4) is 0 Å². The van der Waals surface area contributed by atoms with E-state index in [9.17, 15) is 19.8 Å². The van der Waals surface area contributed by atoms with E-state index < -0.39 is 17.4 Å². The van der Waals surface area contributed by atoms with Crippen LogP contribution in [0, 0.1) is 0 Å². The summed E-state index contributed by atoms with van der Waals surface area (Å²) in [6, 6.07) is 8.15. The van der Waals surface area contributed by atoms with Crippen molar-refractivity contribution in [3.8, 4) is 0 Å². The molecule has 0 fully saturated rings. The Morgan fingerprint density at radius 3 is 2.06 bits per heavy atom. The molecule has 1 rings (SSSR count). The number of hydrogen-bond acceptors (Lipinski definition) is 2. The molecular weight excluding hydrogens is 243 g/mol. The quantitative estimate of drug-likeness (QED) is 0.529. The Bertz CT molecular complexity index is 394. The third-order valence-corrected chi connectivity index (χ3v) is 2.90. The molecule has 5 heteroatoms. The summed E-state index contributed by atoms with van der Waals surface area (Å²) in [5, 5.41) is 18.6. The smallest absolute Gasteiger partial charge is 1.00 e. The molecule has 0 saturated heterocycles. The monoisotopic (exact) mass is 260 g/mol. The van der Waals surface area contributed by atoms with Gasteiger partial charge in [-0.3, -0.25) is 9.59 Å². The van der Waals surface area contributed by atoms with E-state index in [4.69, 9.17) is 0 Å². The number of rotatable bonds is 6. The molecule has 0 spiro atoms. The van der Waals surface area contributed by atoms with Gasteiger partial charge < -0.3 is 11.6 Å². The molecule has 0 amide bonds. The van der Waals surface area contributed by atoms with E-state index in [0.717, 1.165) is 6.42 Å². The van der Waals surface area contributed by atoms with E-state index in [2.05, 4.69) is 0 Å². The Morgan fingerprint density at radius 2 is 1.67 bits per heavy atom. The maximum absolute atomic E-state index is 11.4.